The van der Waals surface area contributed by atoms with E-state index in [9.17, 15) is 0 Å². The number of amidine groups is 1. The lowest BCUT2D eigenvalue weighted by Gasteiger charge is -2.14. The third-order valence-electron chi connectivity index (χ3n) is 3.10. The van der Waals surface area contributed by atoms with E-state index in [1.54, 1.807) is 18.2 Å². The first kappa shape index (κ1) is 17.7. The Morgan fingerprint density at radius 3 is 2.44 bits per heavy atom. The molecule has 0 bridgehead atoms. The quantitative estimate of drug-likeness (QED) is 0.358. The van der Waals surface area contributed by atoms with Crippen LogP contribution < -0.4 is 21.4 Å². The molecule has 0 aliphatic rings. The molecule has 0 unspecified atom stereocenters. The Kier molecular flexibility index (Phi) is 5.47. The zero-order valence-electron chi connectivity index (χ0n) is 14.2. The highest BCUT2D eigenvalue weighted by Gasteiger charge is 2.05. The van der Waals surface area contributed by atoms with E-state index < -0.39 is 0 Å². The molecule has 25 heavy (non-hydrogen) atoms. The average Bonchev–Trinajstić information content (AvgIpc) is 2.56. The van der Waals surface area contributed by atoms with E-state index >= 15 is 0 Å². The van der Waals surface area contributed by atoms with Crippen LogP contribution in [-0.4, -0.2) is 35.6 Å². The molecule has 0 spiro atoms. The molecule has 9 nitrogen and oxygen atoms in total. The number of aryl methyl sites for hydroxylation is 1. The van der Waals surface area contributed by atoms with Crippen molar-refractivity contribution in [2.24, 2.45) is 10.8 Å². The summed E-state index contributed by atoms with van der Waals surface area (Å²) in [6, 6.07) is 10.8. The predicted octanol–water partition coefficient (Wildman–Crippen LogP) is 1.82. The van der Waals surface area contributed by atoms with Gasteiger partial charge >= 0.3 is 0 Å². The monoisotopic (exact) mass is 337 g/mol. The summed E-state index contributed by atoms with van der Waals surface area (Å²) in [6.45, 7) is 1.84. The third-order valence-corrected chi connectivity index (χ3v) is 3.10. The first-order chi connectivity index (χ1) is 11.9. The van der Waals surface area contributed by atoms with Gasteiger partial charge in [0, 0.05) is 25.8 Å². The van der Waals surface area contributed by atoms with Gasteiger partial charge in [0.05, 0.1) is 5.69 Å². The average molecular weight is 337 g/mol. The maximum Gasteiger partial charge on any atom is 0.201 e. The Morgan fingerprint density at radius 2 is 1.88 bits per heavy atom. The van der Waals surface area contributed by atoms with Gasteiger partial charge in [-0.15, -0.1) is 0 Å². The minimum atomic E-state index is -0.385. The van der Waals surface area contributed by atoms with Gasteiger partial charge in [-0.1, -0.05) is 0 Å². The van der Waals surface area contributed by atoms with E-state index in [1.165, 1.54) is 0 Å². The first-order valence-electron chi connectivity index (χ1n) is 7.37. The van der Waals surface area contributed by atoms with Crippen molar-refractivity contribution in [3.05, 3.63) is 36.2 Å². The second-order valence-electron chi connectivity index (χ2n) is 5.35. The number of rotatable bonds is 6. The van der Waals surface area contributed by atoms with E-state index in [-0.39, 0.29) is 11.5 Å². The van der Waals surface area contributed by atoms with Crippen molar-refractivity contribution in [3.8, 4) is 6.07 Å². The van der Waals surface area contributed by atoms with Gasteiger partial charge in [0.1, 0.15) is 23.5 Å². The fourth-order valence-corrected chi connectivity index (χ4v) is 1.89. The SMILES string of the molecule is Cc1nc(Nc2ccc(N/N=C(\C#N)C(=N)N)cc2)cc(N(C)C)n1. The number of hydrogen-bond donors (Lipinski definition) is 4. The second kappa shape index (κ2) is 7.74. The molecule has 0 aliphatic carbocycles. The molecular weight excluding hydrogens is 318 g/mol. The summed E-state index contributed by atoms with van der Waals surface area (Å²) in [4.78, 5) is 10.6. The van der Waals surface area contributed by atoms with Crippen LogP contribution in [-0.2, 0) is 0 Å². The Bertz CT molecular complexity index is 832. The second-order valence-corrected chi connectivity index (χ2v) is 5.35. The van der Waals surface area contributed by atoms with Crippen LogP contribution in [0.2, 0.25) is 0 Å². The lowest BCUT2D eigenvalue weighted by atomic mass is 10.3. The van der Waals surface area contributed by atoms with Crippen LogP contribution in [0.3, 0.4) is 0 Å². The number of hydrogen-bond acceptors (Lipinski definition) is 8. The number of nitriles is 1. The largest absolute Gasteiger partial charge is 0.382 e. The van der Waals surface area contributed by atoms with Crippen LogP contribution in [0.4, 0.5) is 23.0 Å². The standard InChI is InChI=1S/C16H19N9/c1-10-20-14(8-15(21-10)25(2)3)22-11-4-6-12(7-5-11)23-24-13(9-17)16(18)19/h4-8,23H,1-3H3,(H3,18,19)(H,20,21,22)/b24-13+. The molecule has 1 aromatic heterocycles. The number of aromatic nitrogens is 2. The van der Waals surface area contributed by atoms with Gasteiger partial charge in [0.15, 0.2) is 5.84 Å². The van der Waals surface area contributed by atoms with Crippen LogP contribution >= 0.6 is 0 Å². The van der Waals surface area contributed by atoms with E-state index in [2.05, 4.69) is 25.8 Å². The molecular formula is C16H19N9. The van der Waals surface area contributed by atoms with Gasteiger partial charge in [0.2, 0.25) is 5.71 Å². The number of benzene rings is 1. The summed E-state index contributed by atoms with van der Waals surface area (Å²) in [5.41, 5.74) is 9.24. The molecule has 1 heterocycles. The Balaban J connectivity index is 2.11. The van der Waals surface area contributed by atoms with E-state index in [0.29, 0.717) is 17.3 Å². The molecule has 0 saturated heterocycles. The van der Waals surface area contributed by atoms with Gasteiger partial charge in [-0.05, 0) is 31.2 Å². The van der Waals surface area contributed by atoms with Crippen LogP contribution in [0.5, 0.6) is 0 Å². The molecule has 2 aromatic rings. The molecule has 0 aliphatic heterocycles. The van der Waals surface area contributed by atoms with Crippen molar-refractivity contribution in [1.29, 1.82) is 10.7 Å². The van der Waals surface area contributed by atoms with E-state index in [1.807, 2.05) is 44.1 Å². The number of anilines is 4. The fraction of sp³-hybridized carbons (Fsp3) is 0.188. The van der Waals surface area contributed by atoms with Gasteiger partial charge in [0.25, 0.3) is 0 Å². The predicted molar refractivity (Wildman–Crippen MR) is 99.4 cm³/mol. The van der Waals surface area contributed by atoms with Crippen LogP contribution in [0.25, 0.3) is 0 Å². The summed E-state index contributed by atoms with van der Waals surface area (Å²) >= 11 is 0. The van der Waals surface area contributed by atoms with Crippen LogP contribution in [0, 0.1) is 23.7 Å². The number of nitrogens with two attached hydrogens (primary N) is 1. The number of nitrogens with zero attached hydrogens (tertiary/aromatic N) is 5. The molecule has 9 heteroatoms. The lowest BCUT2D eigenvalue weighted by Crippen LogP contribution is -2.21. The Labute approximate surface area is 145 Å². The molecule has 0 atom stereocenters. The molecule has 2 rings (SSSR count). The lowest BCUT2D eigenvalue weighted by molar-refractivity contribution is 0.991. The van der Waals surface area contributed by atoms with Crippen molar-refractivity contribution in [2.75, 3.05) is 29.7 Å². The van der Waals surface area contributed by atoms with Gasteiger partial charge < -0.3 is 16.0 Å². The zero-order valence-corrected chi connectivity index (χ0v) is 14.2. The molecule has 1 aromatic carbocycles. The van der Waals surface area contributed by atoms with Crippen LogP contribution in [0.15, 0.2) is 35.4 Å². The third kappa shape index (κ3) is 4.90. The van der Waals surface area contributed by atoms with Crippen molar-refractivity contribution in [3.63, 3.8) is 0 Å². The summed E-state index contributed by atoms with van der Waals surface area (Å²) < 4.78 is 0. The molecule has 0 saturated carbocycles. The minimum Gasteiger partial charge on any atom is -0.382 e. The van der Waals surface area contributed by atoms with Gasteiger partial charge in [-0.3, -0.25) is 10.8 Å². The van der Waals surface area contributed by atoms with Crippen molar-refractivity contribution >= 4 is 34.6 Å². The highest BCUT2D eigenvalue weighted by Crippen LogP contribution is 2.20. The maximum absolute atomic E-state index is 8.80. The summed E-state index contributed by atoms with van der Waals surface area (Å²) in [6.07, 6.45) is 0. The Hall–Kier alpha value is -3.67. The van der Waals surface area contributed by atoms with Gasteiger partial charge in [-0.2, -0.15) is 10.4 Å². The molecule has 0 amide bonds. The maximum atomic E-state index is 8.80. The zero-order chi connectivity index (χ0) is 18.4. The molecule has 128 valence electrons. The minimum absolute atomic E-state index is 0.171. The number of nitrogens with one attached hydrogen (secondary N) is 3. The number of hydrazone groups is 1. The molecule has 0 fully saturated rings. The van der Waals surface area contributed by atoms with Crippen molar-refractivity contribution in [2.45, 2.75) is 6.92 Å². The summed E-state index contributed by atoms with van der Waals surface area (Å²) in [7, 11) is 3.84. The van der Waals surface area contributed by atoms with Crippen molar-refractivity contribution in [1.82, 2.24) is 9.97 Å². The van der Waals surface area contributed by atoms with Gasteiger partial charge in [-0.25, -0.2) is 9.97 Å². The summed E-state index contributed by atoms with van der Waals surface area (Å²) in [5.74, 6) is 1.80. The molecule has 0 radical (unpaired) electrons. The normalized spacial score (nSPS) is 10.7. The smallest absolute Gasteiger partial charge is 0.201 e. The van der Waals surface area contributed by atoms with E-state index in [4.69, 9.17) is 16.4 Å². The topological polar surface area (TPSA) is 139 Å². The van der Waals surface area contributed by atoms with E-state index in [0.717, 1.165) is 11.5 Å². The first-order valence-corrected chi connectivity index (χ1v) is 7.37. The highest BCUT2D eigenvalue weighted by atomic mass is 15.3. The Morgan fingerprint density at radius 1 is 1.24 bits per heavy atom. The highest BCUT2D eigenvalue weighted by molar-refractivity contribution is 6.45. The summed E-state index contributed by atoms with van der Waals surface area (Å²) in [5, 5.41) is 23.0. The van der Waals surface area contributed by atoms with Crippen LogP contribution in [0.1, 0.15) is 5.82 Å². The fourth-order valence-electron chi connectivity index (χ4n) is 1.89. The van der Waals surface area contributed by atoms with Crippen molar-refractivity contribution < 1.29 is 0 Å². The molecule has 5 N–H and O–H groups in total.